The lowest BCUT2D eigenvalue weighted by Gasteiger charge is -2.21. The normalized spacial score (nSPS) is 11.5. The summed E-state index contributed by atoms with van der Waals surface area (Å²) in [6.07, 6.45) is 0. The molecule has 0 radical (unpaired) electrons. The Hall–Kier alpha value is -2.03. The van der Waals surface area contributed by atoms with Crippen LogP contribution in [0.5, 0.6) is 0 Å². The second kappa shape index (κ2) is 5.40. The van der Waals surface area contributed by atoms with Gasteiger partial charge in [0.15, 0.2) is 5.43 Å². The van der Waals surface area contributed by atoms with Crippen LogP contribution in [-0.2, 0) is 5.41 Å². The molecule has 0 saturated carbocycles. The summed E-state index contributed by atoms with van der Waals surface area (Å²) in [4.78, 5) is 17.1. The number of hydrogen-bond acceptors (Lipinski definition) is 2. The highest BCUT2D eigenvalue weighted by atomic mass is 16.1. The summed E-state index contributed by atoms with van der Waals surface area (Å²) >= 11 is 0. The van der Waals surface area contributed by atoms with Crippen molar-refractivity contribution < 1.29 is 0 Å². The first kappa shape index (κ1) is 15.4. The van der Waals surface area contributed by atoms with Gasteiger partial charge in [-0.3, -0.25) is 4.79 Å². The van der Waals surface area contributed by atoms with Crippen LogP contribution in [0.4, 0.5) is 5.82 Å². The second-order valence-corrected chi connectivity index (χ2v) is 6.79. The number of H-pyrrole nitrogens is 1. The Morgan fingerprint density at radius 3 is 2.24 bits per heavy atom. The minimum absolute atomic E-state index is 0.0201. The van der Waals surface area contributed by atoms with Crippen LogP contribution in [0.1, 0.15) is 31.9 Å². The lowest BCUT2D eigenvalue weighted by molar-refractivity contribution is 0.590. The maximum atomic E-state index is 11.9. The Morgan fingerprint density at radius 2 is 1.71 bits per heavy atom. The maximum absolute atomic E-state index is 11.9. The zero-order valence-corrected chi connectivity index (χ0v) is 13.7. The predicted molar refractivity (Wildman–Crippen MR) is 90.3 cm³/mol. The third-order valence-corrected chi connectivity index (χ3v) is 3.69. The first-order valence-corrected chi connectivity index (χ1v) is 7.21. The molecule has 2 rings (SSSR count). The van der Waals surface area contributed by atoms with Gasteiger partial charge in [0, 0.05) is 31.8 Å². The summed E-state index contributed by atoms with van der Waals surface area (Å²) in [5, 5.41) is 0. The first-order chi connectivity index (χ1) is 9.68. The summed E-state index contributed by atoms with van der Waals surface area (Å²) in [6.45, 7) is 8.70. The molecular formula is C18H24N2O. The molecule has 0 bridgehead atoms. The average Bonchev–Trinajstić information content (AvgIpc) is 2.36. The number of aromatic nitrogens is 1. The quantitative estimate of drug-likeness (QED) is 0.912. The van der Waals surface area contributed by atoms with Crippen molar-refractivity contribution in [1.82, 2.24) is 4.98 Å². The van der Waals surface area contributed by atoms with Gasteiger partial charge in [-0.25, -0.2) is 0 Å². The Bertz CT molecular complexity index is 706. The van der Waals surface area contributed by atoms with Crippen LogP contribution in [0.15, 0.2) is 35.1 Å². The minimum atomic E-state index is 0.0201. The van der Waals surface area contributed by atoms with E-state index in [4.69, 9.17) is 0 Å². The van der Waals surface area contributed by atoms with Gasteiger partial charge in [-0.05, 0) is 23.5 Å². The van der Waals surface area contributed by atoms with Crippen molar-refractivity contribution in [2.24, 2.45) is 0 Å². The van der Waals surface area contributed by atoms with Gasteiger partial charge in [0.2, 0.25) is 0 Å². The summed E-state index contributed by atoms with van der Waals surface area (Å²) in [7, 11) is 3.84. The molecule has 1 aromatic carbocycles. The molecule has 3 nitrogen and oxygen atoms in total. The number of nitrogens with one attached hydrogen (secondary N) is 1. The number of aryl methyl sites for hydroxylation is 1. The highest BCUT2D eigenvalue weighted by Crippen LogP contribution is 2.28. The zero-order valence-electron chi connectivity index (χ0n) is 13.7. The van der Waals surface area contributed by atoms with Crippen LogP contribution in [0, 0.1) is 6.92 Å². The fraction of sp³-hybridized carbons (Fsp3) is 0.389. The molecule has 112 valence electrons. The van der Waals surface area contributed by atoms with Gasteiger partial charge in [0.1, 0.15) is 5.82 Å². The summed E-state index contributed by atoms with van der Waals surface area (Å²) < 4.78 is 0. The third kappa shape index (κ3) is 3.35. The van der Waals surface area contributed by atoms with E-state index in [2.05, 4.69) is 50.9 Å². The topological polar surface area (TPSA) is 36.1 Å². The second-order valence-electron chi connectivity index (χ2n) is 6.79. The predicted octanol–water partition coefficient (Wildman–Crippen LogP) is 3.71. The Balaban J connectivity index is 2.55. The van der Waals surface area contributed by atoms with Crippen molar-refractivity contribution in [2.45, 2.75) is 33.1 Å². The summed E-state index contributed by atoms with van der Waals surface area (Å²) in [5.41, 5.74) is 4.56. The summed E-state index contributed by atoms with van der Waals surface area (Å²) in [5.74, 6) is 0.816. The largest absolute Gasteiger partial charge is 0.364 e. The van der Waals surface area contributed by atoms with Crippen molar-refractivity contribution in [3.63, 3.8) is 0 Å². The highest BCUT2D eigenvalue weighted by Gasteiger charge is 2.15. The van der Waals surface area contributed by atoms with Crippen LogP contribution in [-0.4, -0.2) is 19.1 Å². The molecule has 0 fully saturated rings. The number of aromatic amines is 1. The number of rotatable bonds is 2. The van der Waals surface area contributed by atoms with E-state index in [1.165, 1.54) is 11.1 Å². The van der Waals surface area contributed by atoms with Crippen molar-refractivity contribution in [3.05, 3.63) is 51.7 Å². The molecule has 1 heterocycles. The monoisotopic (exact) mass is 284 g/mol. The van der Waals surface area contributed by atoms with Gasteiger partial charge in [-0.1, -0.05) is 39.0 Å². The molecule has 0 aliphatic carbocycles. The van der Waals surface area contributed by atoms with E-state index in [0.717, 1.165) is 17.1 Å². The number of hydrogen-bond donors (Lipinski definition) is 1. The van der Waals surface area contributed by atoms with Crippen LogP contribution in [0.25, 0.3) is 11.3 Å². The van der Waals surface area contributed by atoms with Crippen LogP contribution < -0.4 is 10.3 Å². The van der Waals surface area contributed by atoms with E-state index in [0.29, 0.717) is 0 Å². The fourth-order valence-corrected chi connectivity index (χ4v) is 2.35. The molecule has 0 atom stereocenters. The Morgan fingerprint density at radius 1 is 1.05 bits per heavy atom. The minimum Gasteiger partial charge on any atom is -0.364 e. The lowest BCUT2D eigenvalue weighted by atomic mass is 9.85. The molecule has 0 aliphatic rings. The third-order valence-electron chi connectivity index (χ3n) is 3.69. The smallest absolute Gasteiger partial charge is 0.184 e. The average molecular weight is 284 g/mol. The first-order valence-electron chi connectivity index (χ1n) is 7.21. The standard InChI is InChI=1S/C18H24N2O/c1-12-9-13(18(2,3)4)7-8-15(12)16-10-14(21)11-17(19-16)20(5)6/h7-11H,1-6H3,(H,19,21). The van der Waals surface area contributed by atoms with E-state index < -0.39 is 0 Å². The zero-order chi connectivity index (χ0) is 15.8. The summed E-state index contributed by atoms with van der Waals surface area (Å²) in [6, 6.07) is 9.72. The van der Waals surface area contributed by atoms with E-state index in [9.17, 15) is 4.79 Å². The SMILES string of the molecule is Cc1cc(C(C)(C)C)ccc1-c1cc(=O)cc(N(C)C)[nH]1. The molecule has 0 saturated heterocycles. The van der Waals surface area contributed by atoms with Gasteiger partial charge in [-0.2, -0.15) is 0 Å². The van der Waals surface area contributed by atoms with Crippen LogP contribution in [0.2, 0.25) is 0 Å². The van der Waals surface area contributed by atoms with Gasteiger partial charge in [-0.15, -0.1) is 0 Å². The molecule has 0 aliphatic heterocycles. The van der Waals surface area contributed by atoms with Crippen molar-refractivity contribution in [1.29, 1.82) is 0 Å². The molecule has 2 aromatic rings. The molecular weight excluding hydrogens is 260 g/mol. The number of nitrogens with zero attached hydrogens (tertiary/aromatic N) is 1. The van der Waals surface area contributed by atoms with E-state index in [1.807, 2.05) is 19.0 Å². The Labute approximate surface area is 126 Å². The van der Waals surface area contributed by atoms with Gasteiger partial charge in [0.05, 0.1) is 5.69 Å². The molecule has 21 heavy (non-hydrogen) atoms. The van der Waals surface area contributed by atoms with Crippen LogP contribution in [0.3, 0.4) is 0 Å². The van der Waals surface area contributed by atoms with E-state index in [1.54, 1.807) is 12.1 Å². The molecule has 0 spiro atoms. The van der Waals surface area contributed by atoms with Gasteiger partial charge < -0.3 is 9.88 Å². The van der Waals surface area contributed by atoms with Crippen molar-refractivity contribution in [2.75, 3.05) is 19.0 Å². The molecule has 1 N–H and O–H groups in total. The highest BCUT2D eigenvalue weighted by molar-refractivity contribution is 5.66. The van der Waals surface area contributed by atoms with Gasteiger partial charge in [0.25, 0.3) is 0 Å². The lowest BCUT2D eigenvalue weighted by Crippen LogP contribution is -2.15. The van der Waals surface area contributed by atoms with Gasteiger partial charge >= 0.3 is 0 Å². The Kier molecular flexibility index (Phi) is 3.95. The molecule has 1 aromatic heterocycles. The number of pyridine rings is 1. The fourth-order valence-electron chi connectivity index (χ4n) is 2.35. The van der Waals surface area contributed by atoms with E-state index in [-0.39, 0.29) is 10.8 Å². The number of benzene rings is 1. The molecule has 0 unspecified atom stereocenters. The van der Waals surface area contributed by atoms with Crippen molar-refractivity contribution >= 4 is 5.82 Å². The van der Waals surface area contributed by atoms with E-state index >= 15 is 0 Å². The van der Waals surface area contributed by atoms with Crippen molar-refractivity contribution in [3.8, 4) is 11.3 Å². The number of anilines is 1. The molecule has 3 heteroatoms. The van der Waals surface area contributed by atoms with Crippen LogP contribution >= 0.6 is 0 Å². The molecule has 0 amide bonds. The maximum Gasteiger partial charge on any atom is 0.184 e.